The molecule has 0 N–H and O–H groups in total. The lowest BCUT2D eigenvalue weighted by molar-refractivity contribution is 0.00466. The standard InChI is InChI=1S/C26H48FNS2/c1-23(2,3)22-28(24(4,5)6)19(17-29-22)16-26(9)12-10-11-13-30-25(7,8)20-14-18(27)15-21(20)26/h18-22H,10-17H2,1-9H3. The summed E-state index contributed by atoms with van der Waals surface area (Å²) in [6.07, 6.45) is 6.11. The van der Waals surface area contributed by atoms with E-state index < -0.39 is 6.17 Å². The minimum atomic E-state index is -0.599. The van der Waals surface area contributed by atoms with Crippen molar-refractivity contribution < 1.29 is 4.39 Å². The Bertz CT molecular complexity index is 593. The van der Waals surface area contributed by atoms with E-state index in [0.29, 0.717) is 23.3 Å². The van der Waals surface area contributed by atoms with Gasteiger partial charge in [-0.1, -0.05) is 48.0 Å². The van der Waals surface area contributed by atoms with Gasteiger partial charge in [-0.25, -0.2) is 4.39 Å². The molecule has 2 saturated heterocycles. The van der Waals surface area contributed by atoms with Crippen molar-refractivity contribution in [3.63, 3.8) is 0 Å². The second-order valence-electron chi connectivity index (χ2n) is 13.3. The summed E-state index contributed by atoms with van der Waals surface area (Å²) in [5.74, 6) is 3.50. The van der Waals surface area contributed by atoms with Gasteiger partial charge in [-0.05, 0) is 81.3 Å². The van der Waals surface area contributed by atoms with Crippen molar-refractivity contribution in [2.75, 3.05) is 11.5 Å². The maximum absolute atomic E-state index is 14.9. The number of fused-ring (bicyclic) bond motifs is 1. The summed E-state index contributed by atoms with van der Waals surface area (Å²) in [6, 6.07) is 0.597. The molecule has 6 unspecified atom stereocenters. The van der Waals surface area contributed by atoms with Crippen LogP contribution in [0.4, 0.5) is 4.39 Å². The largest absolute Gasteiger partial charge is 0.282 e. The lowest BCUT2D eigenvalue weighted by Crippen LogP contribution is -2.54. The fourth-order valence-corrected chi connectivity index (χ4v) is 10.0. The average molecular weight is 458 g/mol. The Labute approximate surface area is 195 Å². The summed E-state index contributed by atoms with van der Waals surface area (Å²) in [5.41, 5.74) is 0.674. The van der Waals surface area contributed by atoms with E-state index >= 15 is 0 Å². The molecular weight excluding hydrogens is 409 g/mol. The third-order valence-electron chi connectivity index (χ3n) is 8.22. The van der Waals surface area contributed by atoms with Gasteiger partial charge >= 0.3 is 0 Å². The smallest absolute Gasteiger partial charge is 0.101 e. The van der Waals surface area contributed by atoms with Gasteiger partial charge < -0.3 is 0 Å². The summed E-state index contributed by atoms with van der Waals surface area (Å²) in [4.78, 5) is 2.84. The van der Waals surface area contributed by atoms with Crippen LogP contribution in [0, 0.1) is 22.7 Å². The van der Waals surface area contributed by atoms with Crippen LogP contribution in [0.25, 0.3) is 0 Å². The van der Waals surface area contributed by atoms with Crippen molar-refractivity contribution >= 4 is 23.5 Å². The highest BCUT2D eigenvalue weighted by molar-refractivity contribution is 8.00. The van der Waals surface area contributed by atoms with Crippen LogP contribution in [-0.4, -0.2) is 44.3 Å². The van der Waals surface area contributed by atoms with Crippen molar-refractivity contribution in [2.24, 2.45) is 22.7 Å². The van der Waals surface area contributed by atoms with E-state index in [1.165, 1.54) is 37.2 Å². The van der Waals surface area contributed by atoms with Crippen molar-refractivity contribution in [3.8, 4) is 0 Å². The van der Waals surface area contributed by atoms with Gasteiger partial charge in [0, 0.05) is 22.1 Å². The SMILES string of the molecule is CC(C)(C)C1SCC(CC2(C)CCCCSC(C)(C)C3CC(F)CC32)N1C(C)(C)C. The Morgan fingerprint density at radius 3 is 2.20 bits per heavy atom. The van der Waals surface area contributed by atoms with Gasteiger partial charge in [0.05, 0.1) is 5.37 Å². The molecule has 1 saturated carbocycles. The van der Waals surface area contributed by atoms with Crippen molar-refractivity contribution in [2.45, 2.75) is 129 Å². The molecule has 0 spiro atoms. The van der Waals surface area contributed by atoms with Gasteiger partial charge in [-0.3, -0.25) is 4.90 Å². The van der Waals surface area contributed by atoms with E-state index in [2.05, 4.69) is 90.7 Å². The highest BCUT2D eigenvalue weighted by Crippen LogP contribution is 2.58. The summed E-state index contributed by atoms with van der Waals surface area (Å²) < 4.78 is 15.0. The average Bonchev–Trinajstić information content (AvgIpc) is 3.18. The second-order valence-corrected chi connectivity index (χ2v) is 16.2. The van der Waals surface area contributed by atoms with E-state index in [1.807, 2.05) is 0 Å². The van der Waals surface area contributed by atoms with Gasteiger partial charge in [-0.15, -0.1) is 11.8 Å². The zero-order valence-electron chi connectivity index (χ0n) is 21.2. The summed E-state index contributed by atoms with van der Waals surface area (Å²) >= 11 is 4.28. The summed E-state index contributed by atoms with van der Waals surface area (Å²) in [7, 11) is 0. The molecule has 3 aliphatic rings. The van der Waals surface area contributed by atoms with Gasteiger partial charge in [-0.2, -0.15) is 11.8 Å². The Morgan fingerprint density at radius 1 is 0.967 bits per heavy atom. The molecule has 1 nitrogen and oxygen atoms in total. The van der Waals surface area contributed by atoms with Crippen LogP contribution in [0.5, 0.6) is 0 Å². The lowest BCUT2D eigenvalue weighted by atomic mass is 9.63. The number of hydrogen-bond acceptors (Lipinski definition) is 3. The number of alkyl halides is 1. The maximum atomic E-state index is 14.9. The summed E-state index contributed by atoms with van der Waals surface area (Å²) in [5, 5.41) is 0.558. The molecule has 1 aliphatic carbocycles. The van der Waals surface area contributed by atoms with Crippen LogP contribution in [0.2, 0.25) is 0 Å². The maximum Gasteiger partial charge on any atom is 0.101 e. The minimum absolute atomic E-state index is 0.161. The molecule has 0 bridgehead atoms. The highest BCUT2D eigenvalue weighted by Gasteiger charge is 2.54. The third-order valence-corrected chi connectivity index (χ3v) is 11.6. The molecule has 2 aliphatic heterocycles. The minimum Gasteiger partial charge on any atom is -0.282 e. The number of thioether (sulfide) groups is 2. The lowest BCUT2D eigenvalue weighted by Gasteiger charge is -2.49. The van der Waals surface area contributed by atoms with Crippen LogP contribution < -0.4 is 0 Å². The van der Waals surface area contributed by atoms with Gasteiger partial charge in [0.1, 0.15) is 6.17 Å². The molecule has 0 aromatic heterocycles. The first-order valence-corrected chi connectivity index (χ1v) is 14.4. The van der Waals surface area contributed by atoms with E-state index in [-0.39, 0.29) is 21.1 Å². The Kier molecular flexibility index (Phi) is 7.35. The number of hydrogen-bond donors (Lipinski definition) is 0. The van der Waals surface area contributed by atoms with E-state index in [0.717, 1.165) is 12.8 Å². The van der Waals surface area contributed by atoms with E-state index in [1.54, 1.807) is 0 Å². The molecule has 0 radical (unpaired) electrons. The number of nitrogens with zero attached hydrogens (tertiary/aromatic N) is 1. The first kappa shape index (κ1) is 25.2. The predicted molar refractivity (Wildman–Crippen MR) is 135 cm³/mol. The van der Waals surface area contributed by atoms with Crippen molar-refractivity contribution in [1.29, 1.82) is 0 Å². The fourth-order valence-electron chi connectivity index (χ4n) is 6.84. The van der Waals surface area contributed by atoms with E-state index in [9.17, 15) is 4.39 Å². The molecule has 0 aromatic rings. The topological polar surface area (TPSA) is 3.24 Å². The first-order valence-electron chi connectivity index (χ1n) is 12.3. The molecular formula is C26H48FNS2. The van der Waals surface area contributed by atoms with Crippen molar-refractivity contribution in [3.05, 3.63) is 0 Å². The normalized spacial score (nSPS) is 41.2. The second kappa shape index (κ2) is 8.75. The van der Waals surface area contributed by atoms with Crippen LogP contribution in [0.1, 0.15) is 101 Å². The fraction of sp³-hybridized carbons (Fsp3) is 1.00. The molecule has 6 atom stereocenters. The van der Waals surface area contributed by atoms with Crippen LogP contribution in [0.3, 0.4) is 0 Å². The quantitative estimate of drug-likeness (QED) is 0.413. The van der Waals surface area contributed by atoms with Crippen LogP contribution >= 0.6 is 23.5 Å². The van der Waals surface area contributed by atoms with Gasteiger partial charge in [0.2, 0.25) is 0 Å². The van der Waals surface area contributed by atoms with Gasteiger partial charge in [0.15, 0.2) is 0 Å². The Balaban J connectivity index is 1.91. The van der Waals surface area contributed by atoms with Crippen LogP contribution in [-0.2, 0) is 0 Å². The number of halogens is 1. The summed E-state index contributed by atoms with van der Waals surface area (Å²) in [6.45, 7) is 21.7. The third kappa shape index (κ3) is 5.22. The molecule has 3 rings (SSSR count). The predicted octanol–water partition coefficient (Wildman–Crippen LogP) is 8.03. The van der Waals surface area contributed by atoms with Crippen LogP contribution in [0.15, 0.2) is 0 Å². The molecule has 2 heterocycles. The Hall–Kier alpha value is 0.590. The zero-order chi connectivity index (χ0) is 22.5. The molecule has 3 fully saturated rings. The van der Waals surface area contributed by atoms with E-state index in [4.69, 9.17) is 0 Å². The molecule has 176 valence electrons. The zero-order valence-corrected chi connectivity index (χ0v) is 22.8. The van der Waals surface area contributed by atoms with Gasteiger partial charge in [0.25, 0.3) is 0 Å². The first-order chi connectivity index (χ1) is 13.7. The highest BCUT2D eigenvalue weighted by atomic mass is 32.2. The monoisotopic (exact) mass is 457 g/mol. The van der Waals surface area contributed by atoms with Crippen molar-refractivity contribution in [1.82, 2.24) is 4.90 Å². The molecule has 4 heteroatoms. The Morgan fingerprint density at radius 2 is 1.60 bits per heavy atom. The molecule has 0 aromatic carbocycles. The molecule has 0 amide bonds. The molecule has 30 heavy (non-hydrogen) atoms. The number of rotatable bonds is 2.